The summed E-state index contributed by atoms with van der Waals surface area (Å²) in [4.78, 5) is 2.10. The molecule has 0 saturated carbocycles. The highest BCUT2D eigenvalue weighted by Gasteiger charge is 1.97. The highest BCUT2D eigenvalue weighted by atomic mass is 15.1. The van der Waals surface area contributed by atoms with Crippen molar-refractivity contribution in [3.8, 4) is 0 Å². The normalized spacial score (nSPS) is 9.67. The van der Waals surface area contributed by atoms with E-state index in [0.717, 1.165) is 0 Å². The molecule has 0 aromatic heterocycles. The van der Waals surface area contributed by atoms with E-state index in [1.165, 1.54) is 16.9 Å². The molecule has 0 bridgehead atoms. The van der Waals surface area contributed by atoms with Gasteiger partial charge in [0, 0.05) is 32.5 Å². The highest BCUT2D eigenvalue weighted by Crippen LogP contribution is 2.19. The molecule has 0 radical (unpaired) electrons. The summed E-state index contributed by atoms with van der Waals surface area (Å²) >= 11 is 0. The van der Waals surface area contributed by atoms with Crippen molar-refractivity contribution in [1.29, 1.82) is 0 Å². The van der Waals surface area contributed by atoms with E-state index in [-0.39, 0.29) is 0 Å². The molecule has 0 amide bonds. The Morgan fingerprint density at radius 2 is 1.83 bits per heavy atom. The van der Waals surface area contributed by atoms with E-state index in [1.807, 2.05) is 21.1 Å². The predicted molar refractivity (Wildman–Crippen MR) is 55.1 cm³/mol. The summed E-state index contributed by atoms with van der Waals surface area (Å²) in [5.41, 5.74) is 3.68. The predicted octanol–water partition coefficient (Wildman–Crippen LogP) is 2.10. The van der Waals surface area contributed by atoms with Gasteiger partial charge in [0.1, 0.15) is 0 Å². The van der Waals surface area contributed by atoms with E-state index >= 15 is 0 Å². The Kier molecular flexibility index (Phi) is 2.58. The van der Waals surface area contributed by atoms with Crippen LogP contribution in [-0.4, -0.2) is 21.1 Å². The molecule has 0 unspecified atom stereocenters. The van der Waals surface area contributed by atoms with Crippen LogP contribution in [0.2, 0.25) is 0 Å². The molecule has 66 valence electrons. The largest absolute Gasteiger partial charge is 0.388 e. The zero-order chi connectivity index (χ0) is 9.14. The first-order valence-electron chi connectivity index (χ1n) is 4.10. The summed E-state index contributed by atoms with van der Waals surface area (Å²) < 4.78 is 0. The van der Waals surface area contributed by atoms with Crippen LogP contribution in [-0.2, 0) is 0 Å². The van der Waals surface area contributed by atoms with E-state index in [9.17, 15) is 0 Å². The van der Waals surface area contributed by atoms with E-state index in [0.29, 0.717) is 0 Å². The lowest BCUT2D eigenvalue weighted by Gasteiger charge is -2.14. The molecule has 2 heteroatoms. The molecule has 1 rings (SSSR count). The fraction of sp³-hybridized carbons (Fsp3) is 0.400. The number of benzene rings is 1. The first-order chi connectivity index (χ1) is 5.63. The van der Waals surface area contributed by atoms with Gasteiger partial charge in [-0.3, -0.25) is 0 Å². The van der Waals surface area contributed by atoms with Crippen molar-refractivity contribution in [2.75, 3.05) is 31.4 Å². The monoisotopic (exact) mass is 164 g/mol. The summed E-state index contributed by atoms with van der Waals surface area (Å²) in [5.74, 6) is 0. The quantitative estimate of drug-likeness (QED) is 0.720. The van der Waals surface area contributed by atoms with Crippen molar-refractivity contribution in [2.24, 2.45) is 0 Å². The van der Waals surface area contributed by atoms with Gasteiger partial charge in [0.2, 0.25) is 0 Å². The number of hydrogen-bond acceptors (Lipinski definition) is 2. The third-order valence-corrected chi connectivity index (χ3v) is 1.87. The van der Waals surface area contributed by atoms with Gasteiger partial charge in [-0.05, 0) is 30.7 Å². The molecule has 1 N–H and O–H groups in total. The van der Waals surface area contributed by atoms with Crippen LogP contribution in [0, 0.1) is 6.92 Å². The highest BCUT2D eigenvalue weighted by molar-refractivity contribution is 5.59. The number of nitrogens with zero attached hydrogens (tertiary/aromatic N) is 1. The number of rotatable bonds is 2. The van der Waals surface area contributed by atoms with Crippen molar-refractivity contribution < 1.29 is 0 Å². The first-order valence-corrected chi connectivity index (χ1v) is 4.10. The van der Waals surface area contributed by atoms with Gasteiger partial charge in [0.25, 0.3) is 0 Å². The fourth-order valence-electron chi connectivity index (χ4n) is 1.17. The van der Waals surface area contributed by atoms with E-state index in [4.69, 9.17) is 0 Å². The molecule has 0 spiro atoms. The standard InChI is InChI=1S/C10H16N2/c1-8-5-9(11-2)7-10(6-8)12(3)4/h5-7,11H,1-4H3. The van der Waals surface area contributed by atoms with Gasteiger partial charge in [0.05, 0.1) is 0 Å². The number of nitrogens with one attached hydrogen (secondary N) is 1. The van der Waals surface area contributed by atoms with E-state index < -0.39 is 0 Å². The maximum Gasteiger partial charge on any atom is 0.0384 e. The summed E-state index contributed by atoms with van der Waals surface area (Å²) in [6, 6.07) is 6.43. The van der Waals surface area contributed by atoms with Crippen molar-refractivity contribution in [3.63, 3.8) is 0 Å². The SMILES string of the molecule is CNc1cc(C)cc(N(C)C)c1. The average Bonchev–Trinajstić information content (AvgIpc) is 2.03. The van der Waals surface area contributed by atoms with Crippen LogP contribution in [0.5, 0.6) is 0 Å². The number of anilines is 2. The van der Waals surface area contributed by atoms with Crippen molar-refractivity contribution in [3.05, 3.63) is 23.8 Å². The zero-order valence-electron chi connectivity index (χ0n) is 8.18. The minimum absolute atomic E-state index is 1.17. The second-order valence-corrected chi connectivity index (χ2v) is 3.20. The van der Waals surface area contributed by atoms with Crippen LogP contribution in [0.15, 0.2) is 18.2 Å². The molecule has 0 aliphatic rings. The third-order valence-electron chi connectivity index (χ3n) is 1.87. The van der Waals surface area contributed by atoms with Crippen LogP contribution in [0.1, 0.15) is 5.56 Å². The molecule has 0 saturated heterocycles. The van der Waals surface area contributed by atoms with Crippen molar-refractivity contribution >= 4 is 11.4 Å². The summed E-state index contributed by atoms with van der Waals surface area (Å²) in [6.07, 6.45) is 0. The second kappa shape index (κ2) is 3.48. The molecule has 0 atom stereocenters. The van der Waals surface area contributed by atoms with Gasteiger partial charge in [-0.1, -0.05) is 0 Å². The molecule has 0 fully saturated rings. The van der Waals surface area contributed by atoms with Crippen LogP contribution >= 0.6 is 0 Å². The Morgan fingerprint density at radius 3 is 2.33 bits per heavy atom. The van der Waals surface area contributed by atoms with E-state index in [1.54, 1.807) is 0 Å². The lowest BCUT2D eigenvalue weighted by atomic mass is 10.2. The maximum absolute atomic E-state index is 3.14. The Morgan fingerprint density at radius 1 is 1.17 bits per heavy atom. The van der Waals surface area contributed by atoms with Crippen molar-refractivity contribution in [2.45, 2.75) is 6.92 Å². The van der Waals surface area contributed by atoms with Gasteiger partial charge in [-0.25, -0.2) is 0 Å². The summed E-state index contributed by atoms with van der Waals surface area (Å²) in [7, 11) is 6.04. The van der Waals surface area contributed by atoms with Crippen molar-refractivity contribution in [1.82, 2.24) is 0 Å². The Labute approximate surface area is 74.2 Å². The molecule has 12 heavy (non-hydrogen) atoms. The Bertz CT molecular complexity index is 267. The van der Waals surface area contributed by atoms with Gasteiger partial charge >= 0.3 is 0 Å². The first kappa shape index (κ1) is 8.91. The maximum atomic E-state index is 3.14. The van der Waals surface area contributed by atoms with Crippen LogP contribution in [0.3, 0.4) is 0 Å². The molecule has 1 aromatic rings. The smallest absolute Gasteiger partial charge is 0.0384 e. The molecule has 0 heterocycles. The summed E-state index contributed by atoms with van der Waals surface area (Å²) in [6.45, 7) is 2.10. The Balaban J connectivity index is 3.06. The molecule has 0 aliphatic heterocycles. The van der Waals surface area contributed by atoms with Crippen LogP contribution in [0.4, 0.5) is 11.4 Å². The fourth-order valence-corrected chi connectivity index (χ4v) is 1.17. The van der Waals surface area contributed by atoms with Gasteiger partial charge in [-0.2, -0.15) is 0 Å². The molecular weight excluding hydrogens is 148 g/mol. The average molecular weight is 164 g/mol. The number of hydrogen-bond donors (Lipinski definition) is 1. The lowest BCUT2D eigenvalue weighted by molar-refractivity contribution is 1.13. The lowest BCUT2D eigenvalue weighted by Crippen LogP contribution is -2.09. The summed E-state index contributed by atoms with van der Waals surface area (Å²) in [5, 5.41) is 3.14. The van der Waals surface area contributed by atoms with Gasteiger partial charge in [-0.15, -0.1) is 0 Å². The van der Waals surface area contributed by atoms with Gasteiger partial charge in [0.15, 0.2) is 0 Å². The van der Waals surface area contributed by atoms with E-state index in [2.05, 4.69) is 35.3 Å². The molecule has 1 aromatic carbocycles. The second-order valence-electron chi connectivity index (χ2n) is 3.20. The molecular formula is C10H16N2. The van der Waals surface area contributed by atoms with Gasteiger partial charge < -0.3 is 10.2 Å². The Hall–Kier alpha value is -1.18. The molecule has 2 nitrogen and oxygen atoms in total. The zero-order valence-corrected chi connectivity index (χ0v) is 8.18. The number of aryl methyl sites for hydroxylation is 1. The minimum Gasteiger partial charge on any atom is -0.388 e. The third kappa shape index (κ3) is 1.91. The minimum atomic E-state index is 1.17. The van der Waals surface area contributed by atoms with Crippen LogP contribution in [0.25, 0.3) is 0 Å². The van der Waals surface area contributed by atoms with Crippen LogP contribution < -0.4 is 10.2 Å². The topological polar surface area (TPSA) is 15.3 Å². The molecule has 0 aliphatic carbocycles.